The molecule has 0 bridgehead atoms. The molecule has 2 heterocycles. The van der Waals surface area contributed by atoms with Crippen molar-refractivity contribution in [3.05, 3.63) is 94.9 Å². The molecule has 2 amide bonds. The number of nitrogens with zero attached hydrogens (tertiary/aromatic N) is 2. The third-order valence-corrected chi connectivity index (χ3v) is 7.52. The number of methoxy groups -OCH3 is 1. The summed E-state index contributed by atoms with van der Waals surface area (Å²) in [5.41, 5.74) is 8.24. The standard InChI is InChI=1S/C32H30N4O4/c1-4-36-25-13-7-5-10-21(25)23-18-20(16-17-26(23)36)33-32(38)30-19(2)29-24(12-9-15-28(29)40-30)34-35-31(37)22-11-6-8-14-27(22)39-3/h5-8,10-11,13-14,16-18H,4,9,12,15H2,1-3H3,(H,33,38)(H,35,37)/b34-24+. The van der Waals surface area contributed by atoms with E-state index in [1.54, 1.807) is 24.3 Å². The number of benzene rings is 3. The van der Waals surface area contributed by atoms with Gasteiger partial charge in [0, 0.05) is 51.6 Å². The van der Waals surface area contributed by atoms with Crippen molar-refractivity contribution in [3.63, 3.8) is 0 Å². The minimum Gasteiger partial charge on any atom is -0.496 e. The Bertz CT molecular complexity index is 1810. The average Bonchev–Trinajstić information content (AvgIpc) is 3.50. The number of furan rings is 1. The van der Waals surface area contributed by atoms with Gasteiger partial charge in [-0.1, -0.05) is 30.3 Å². The molecule has 202 valence electrons. The van der Waals surface area contributed by atoms with Crippen LogP contribution in [-0.2, 0) is 13.0 Å². The van der Waals surface area contributed by atoms with Gasteiger partial charge in [0.05, 0.1) is 18.4 Å². The maximum absolute atomic E-state index is 13.4. The summed E-state index contributed by atoms with van der Waals surface area (Å²) >= 11 is 0. The van der Waals surface area contributed by atoms with Crippen molar-refractivity contribution in [1.82, 2.24) is 9.99 Å². The Hall–Kier alpha value is -4.85. The third-order valence-electron chi connectivity index (χ3n) is 7.52. The normalized spacial score (nSPS) is 13.9. The van der Waals surface area contributed by atoms with E-state index in [1.165, 1.54) is 12.6 Å². The summed E-state index contributed by atoms with van der Waals surface area (Å²) in [6, 6.07) is 21.3. The molecule has 0 radical (unpaired) electrons. The van der Waals surface area contributed by atoms with Crippen molar-refractivity contribution in [2.75, 3.05) is 12.4 Å². The lowest BCUT2D eigenvalue weighted by atomic mass is 9.93. The lowest BCUT2D eigenvalue weighted by Crippen LogP contribution is -2.22. The predicted molar refractivity (Wildman–Crippen MR) is 156 cm³/mol. The number of fused-ring (bicyclic) bond motifs is 4. The Morgan fingerprint density at radius 2 is 1.75 bits per heavy atom. The summed E-state index contributed by atoms with van der Waals surface area (Å²) < 4.78 is 13.6. The molecule has 0 spiro atoms. The van der Waals surface area contributed by atoms with Crippen LogP contribution in [0.5, 0.6) is 5.75 Å². The van der Waals surface area contributed by atoms with Gasteiger partial charge in [-0.3, -0.25) is 9.59 Å². The zero-order valence-electron chi connectivity index (χ0n) is 22.7. The Kier molecular flexibility index (Phi) is 6.59. The van der Waals surface area contributed by atoms with E-state index in [9.17, 15) is 9.59 Å². The highest BCUT2D eigenvalue weighted by Crippen LogP contribution is 2.33. The fourth-order valence-electron chi connectivity index (χ4n) is 5.67. The summed E-state index contributed by atoms with van der Waals surface area (Å²) in [4.78, 5) is 26.2. The minimum atomic E-state index is -0.365. The third kappa shape index (κ3) is 4.31. The molecule has 8 heteroatoms. The number of aromatic nitrogens is 1. The van der Waals surface area contributed by atoms with Crippen LogP contribution in [0.1, 0.15) is 57.6 Å². The van der Waals surface area contributed by atoms with Gasteiger partial charge >= 0.3 is 0 Å². The van der Waals surface area contributed by atoms with Crippen molar-refractivity contribution in [2.45, 2.75) is 39.7 Å². The van der Waals surface area contributed by atoms with Crippen LogP contribution in [0, 0.1) is 6.92 Å². The van der Waals surface area contributed by atoms with Gasteiger partial charge in [-0.2, -0.15) is 5.10 Å². The topological polar surface area (TPSA) is 97.9 Å². The maximum atomic E-state index is 13.4. The Balaban J connectivity index is 1.27. The molecule has 0 fully saturated rings. The highest BCUT2D eigenvalue weighted by atomic mass is 16.5. The number of hydrogen-bond acceptors (Lipinski definition) is 5. The number of carbonyl (C=O) groups is 2. The van der Waals surface area contributed by atoms with E-state index in [0.29, 0.717) is 46.9 Å². The molecule has 1 aliphatic carbocycles. The minimum absolute atomic E-state index is 0.256. The first-order chi connectivity index (χ1) is 19.5. The van der Waals surface area contributed by atoms with E-state index in [4.69, 9.17) is 9.15 Å². The Labute approximate surface area is 231 Å². The molecule has 6 rings (SSSR count). The van der Waals surface area contributed by atoms with Crippen LogP contribution in [0.4, 0.5) is 5.69 Å². The second-order valence-electron chi connectivity index (χ2n) is 9.86. The van der Waals surface area contributed by atoms with Gasteiger partial charge in [0.1, 0.15) is 11.5 Å². The molecule has 0 saturated heterocycles. The first kappa shape index (κ1) is 25.4. The molecule has 3 aromatic carbocycles. The van der Waals surface area contributed by atoms with Crippen LogP contribution < -0.4 is 15.5 Å². The molecule has 0 atom stereocenters. The monoisotopic (exact) mass is 534 g/mol. The predicted octanol–water partition coefficient (Wildman–Crippen LogP) is 6.45. The van der Waals surface area contributed by atoms with Crippen LogP contribution in [-0.4, -0.2) is 29.2 Å². The fraction of sp³-hybridized carbons (Fsp3) is 0.219. The van der Waals surface area contributed by atoms with Crippen LogP contribution in [0.3, 0.4) is 0 Å². The highest BCUT2D eigenvalue weighted by Gasteiger charge is 2.28. The van der Waals surface area contributed by atoms with E-state index in [-0.39, 0.29) is 17.6 Å². The summed E-state index contributed by atoms with van der Waals surface area (Å²) in [6.45, 7) is 4.85. The Morgan fingerprint density at radius 3 is 2.58 bits per heavy atom. The number of hydrogen-bond donors (Lipinski definition) is 2. The van der Waals surface area contributed by atoms with Crippen LogP contribution >= 0.6 is 0 Å². The van der Waals surface area contributed by atoms with Gasteiger partial charge in [-0.05, 0) is 63.1 Å². The zero-order valence-corrected chi connectivity index (χ0v) is 22.7. The van der Waals surface area contributed by atoms with Gasteiger partial charge < -0.3 is 19.0 Å². The summed E-state index contributed by atoms with van der Waals surface area (Å²) in [5.74, 6) is 0.756. The fourth-order valence-corrected chi connectivity index (χ4v) is 5.67. The molecular weight excluding hydrogens is 504 g/mol. The van der Waals surface area contributed by atoms with Gasteiger partial charge in [0.15, 0.2) is 5.76 Å². The number of hydrazone groups is 1. The number of aryl methyl sites for hydroxylation is 2. The Morgan fingerprint density at radius 1 is 0.975 bits per heavy atom. The van der Waals surface area contributed by atoms with Crippen LogP contribution in [0.25, 0.3) is 21.8 Å². The average molecular weight is 535 g/mol. The van der Waals surface area contributed by atoms with Crippen molar-refractivity contribution in [3.8, 4) is 5.75 Å². The number of para-hydroxylation sites is 2. The van der Waals surface area contributed by atoms with E-state index < -0.39 is 0 Å². The summed E-state index contributed by atoms with van der Waals surface area (Å²) in [5, 5.41) is 9.70. The van der Waals surface area contributed by atoms with Crippen molar-refractivity contribution in [2.24, 2.45) is 5.10 Å². The first-order valence-corrected chi connectivity index (χ1v) is 13.4. The molecule has 0 aliphatic heterocycles. The van der Waals surface area contributed by atoms with Gasteiger partial charge in [-0.25, -0.2) is 5.43 Å². The van der Waals surface area contributed by atoms with E-state index in [1.807, 2.05) is 37.3 Å². The molecule has 8 nitrogen and oxygen atoms in total. The largest absolute Gasteiger partial charge is 0.496 e. The number of carbonyl (C=O) groups excluding carboxylic acids is 2. The van der Waals surface area contributed by atoms with E-state index in [2.05, 4.69) is 39.5 Å². The maximum Gasteiger partial charge on any atom is 0.291 e. The molecule has 0 unspecified atom stereocenters. The zero-order chi connectivity index (χ0) is 27.8. The van der Waals surface area contributed by atoms with Crippen LogP contribution in [0.15, 0.2) is 76.2 Å². The summed E-state index contributed by atoms with van der Waals surface area (Å²) in [7, 11) is 1.52. The van der Waals surface area contributed by atoms with E-state index in [0.717, 1.165) is 34.8 Å². The lowest BCUT2D eigenvalue weighted by molar-refractivity contribution is 0.0950. The van der Waals surface area contributed by atoms with Crippen LogP contribution in [0.2, 0.25) is 0 Å². The second-order valence-corrected chi connectivity index (χ2v) is 9.86. The number of nitrogens with one attached hydrogen (secondary N) is 2. The SMILES string of the molecule is CCn1c2ccccc2c2cc(NC(=O)c3oc4c(c3C)/C(=N/NC(=O)c3ccccc3OC)CCC4)ccc21. The first-order valence-electron chi connectivity index (χ1n) is 13.4. The second kappa shape index (κ2) is 10.4. The van der Waals surface area contributed by atoms with Crippen molar-refractivity contribution in [1.29, 1.82) is 0 Å². The lowest BCUT2D eigenvalue weighted by Gasteiger charge is -2.14. The van der Waals surface area contributed by atoms with Gasteiger partial charge in [-0.15, -0.1) is 0 Å². The van der Waals surface area contributed by atoms with Crippen molar-refractivity contribution >= 4 is 45.0 Å². The molecule has 0 saturated carbocycles. The smallest absolute Gasteiger partial charge is 0.291 e. The molecule has 1 aliphatic rings. The van der Waals surface area contributed by atoms with E-state index >= 15 is 0 Å². The quantitative estimate of drug-likeness (QED) is 0.245. The molecule has 5 aromatic rings. The molecular formula is C32H30N4O4. The highest BCUT2D eigenvalue weighted by molar-refractivity contribution is 6.12. The number of rotatable bonds is 6. The molecule has 40 heavy (non-hydrogen) atoms. The van der Waals surface area contributed by atoms with Gasteiger partial charge in [0.25, 0.3) is 11.8 Å². The number of anilines is 1. The molecule has 2 aromatic heterocycles. The summed E-state index contributed by atoms with van der Waals surface area (Å²) in [6.07, 6.45) is 2.17. The molecule has 2 N–H and O–H groups in total. The van der Waals surface area contributed by atoms with Crippen molar-refractivity contribution < 1.29 is 18.7 Å². The van der Waals surface area contributed by atoms with Gasteiger partial charge in [0.2, 0.25) is 0 Å². The number of amides is 2. The number of ether oxygens (including phenoxy) is 1.